The second-order valence-electron chi connectivity index (χ2n) is 7.42. The molecule has 2 aromatic carbocycles. The third-order valence-corrected chi connectivity index (χ3v) is 7.70. The number of amides is 1. The molecule has 1 amide bonds. The van der Waals surface area contributed by atoms with Crippen LogP contribution in [0, 0.1) is 5.92 Å². The van der Waals surface area contributed by atoms with Gasteiger partial charge in [-0.25, -0.2) is 13.4 Å². The average molecular weight is 446 g/mol. The molecule has 4 rings (SSSR count). The van der Waals surface area contributed by atoms with Crippen LogP contribution in [0.25, 0.3) is 11.1 Å². The zero-order chi connectivity index (χ0) is 21.1. The molecule has 0 radical (unpaired) electrons. The zero-order valence-electron chi connectivity index (χ0n) is 16.6. The number of benzene rings is 2. The lowest BCUT2D eigenvalue weighted by molar-refractivity contribution is -0.113. The molecule has 0 saturated carbocycles. The lowest BCUT2D eigenvalue weighted by atomic mass is 10.0. The van der Waals surface area contributed by atoms with E-state index < -0.39 is 10.0 Å². The van der Waals surface area contributed by atoms with E-state index in [9.17, 15) is 13.2 Å². The number of para-hydroxylation sites is 2. The van der Waals surface area contributed by atoms with Gasteiger partial charge < -0.3 is 9.73 Å². The summed E-state index contributed by atoms with van der Waals surface area (Å²) in [6.07, 6.45) is 1.94. The Morgan fingerprint density at radius 3 is 2.73 bits per heavy atom. The number of oxazole rings is 1. The zero-order valence-corrected chi connectivity index (χ0v) is 18.2. The molecule has 0 unspecified atom stereocenters. The molecular formula is C21H23N3O4S2. The number of sulfonamides is 1. The van der Waals surface area contributed by atoms with Crippen LogP contribution in [0.4, 0.5) is 5.69 Å². The highest BCUT2D eigenvalue weighted by atomic mass is 32.2. The molecule has 1 aromatic heterocycles. The fourth-order valence-electron chi connectivity index (χ4n) is 3.46. The smallest absolute Gasteiger partial charge is 0.257 e. The van der Waals surface area contributed by atoms with E-state index in [1.165, 1.54) is 23.9 Å². The number of hydrogen-bond acceptors (Lipinski definition) is 6. The van der Waals surface area contributed by atoms with E-state index in [4.69, 9.17) is 4.42 Å². The maximum Gasteiger partial charge on any atom is 0.257 e. The Hall–Kier alpha value is -2.36. The van der Waals surface area contributed by atoms with Gasteiger partial charge in [0.15, 0.2) is 5.58 Å². The fourth-order valence-corrected chi connectivity index (χ4v) is 5.70. The van der Waals surface area contributed by atoms with Crippen molar-refractivity contribution in [3.63, 3.8) is 0 Å². The van der Waals surface area contributed by atoms with Crippen molar-refractivity contribution >= 4 is 44.5 Å². The van der Waals surface area contributed by atoms with E-state index in [1.807, 2.05) is 24.3 Å². The Kier molecular flexibility index (Phi) is 6.12. The van der Waals surface area contributed by atoms with Crippen LogP contribution in [-0.4, -0.2) is 42.5 Å². The summed E-state index contributed by atoms with van der Waals surface area (Å²) < 4.78 is 32.8. The predicted molar refractivity (Wildman–Crippen MR) is 117 cm³/mol. The largest absolute Gasteiger partial charge is 0.431 e. The Morgan fingerprint density at radius 2 is 2.00 bits per heavy atom. The number of rotatable bonds is 6. The Bertz CT molecular complexity index is 1110. The molecular weight excluding hydrogens is 422 g/mol. The third kappa shape index (κ3) is 4.69. The maximum absolute atomic E-state index is 12.8. The number of aromatic nitrogens is 1. The summed E-state index contributed by atoms with van der Waals surface area (Å²) in [7, 11) is -3.50. The summed E-state index contributed by atoms with van der Waals surface area (Å²) in [5.74, 6) is 0.284. The molecule has 1 aliphatic rings. The molecule has 3 aromatic rings. The molecule has 1 fully saturated rings. The summed E-state index contributed by atoms with van der Waals surface area (Å²) in [6.45, 7) is 3.17. The number of anilines is 1. The van der Waals surface area contributed by atoms with Crippen LogP contribution in [0.15, 0.2) is 63.1 Å². The van der Waals surface area contributed by atoms with E-state index in [0.717, 1.165) is 18.4 Å². The van der Waals surface area contributed by atoms with E-state index in [-0.39, 0.29) is 16.6 Å². The number of piperidine rings is 1. The maximum atomic E-state index is 12.8. The van der Waals surface area contributed by atoms with Crippen molar-refractivity contribution in [3.05, 3.63) is 48.5 Å². The normalized spacial score (nSPS) is 17.8. The molecule has 9 heteroatoms. The second-order valence-corrected chi connectivity index (χ2v) is 10.3. The fraction of sp³-hybridized carbons (Fsp3) is 0.333. The Morgan fingerprint density at radius 1 is 1.23 bits per heavy atom. The lowest BCUT2D eigenvalue weighted by Crippen LogP contribution is -2.39. The van der Waals surface area contributed by atoms with Gasteiger partial charge in [-0.3, -0.25) is 4.79 Å². The minimum atomic E-state index is -3.50. The lowest BCUT2D eigenvalue weighted by Gasteiger charge is -2.30. The first-order chi connectivity index (χ1) is 14.4. The molecule has 1 aliphatic heterocycles. The first-order valence-electron chi connectivity index (χ1n) is 9.80. The number of thioether (sulfide) groups is 1. The van der Waals surface area contributed by atoms with Crippen molar-refractivity contribution in [1.82, 2.24) is 9.29 Å². The van der Waals surface area contributed by atoms with Crippen LogP contribution in [0.2, 0.25) is 0 Å². The van der Waals surface area contributed by atoms with Gasteiger partial charge in [0.2, 0.25) is 15.9 Å². The topological polar surface area (TPSA) is 92.5 Å². The SMILES string of the molecule is C[C@H]1CCCN(S(=O)(=O)c2ccc(NC(=O)CSc3nc4ccccc4o3)cc2)C1. The van der Waals surface area contributed by atoms with Crippen LogP contribution in [0.3, 0.4) is 0 Å². The minimum Gasteiger partial charge on any atom is -0.431 e. The van der Waals surface area contributed by atoms with Crippen molar-refractivity contribution in [1.29, 1.82) is 0 Å². The summed E-state index contributed by atoms with van der Waals surface area (Å²) in [5.41, 5.74) is 1.98. The van der Waals surface area contributed by atoms with Crippen molar-refractivity contribution in [2.24, 2.45) is 5.92 Å². The quantitative estimate of drug-likeness (QED) is 0.577. The highest BCUT2D eigenvalue weighted by Gasteiger charge is 2.28. The Labute approximate surface area is 179 Å². The molecule has 1 atom stereocenters. The monoisotopic (exact) mass is 445 g/mol. The number of carbonyl (C=O) groups excluding carboxylic acids is 1. The van der Waals surface area contributed by atoms with E-state index in [1.54, 1.807) is 16.4 Å². The molecule has 158 valence electrons. The van der Waals surface area contributed by atoms with E-state index in [2.05, 4.69) is 17.2 Å². The van der Waals surface area contributed by atoms with Crippen LogP contribution in [0.5, 0.6) is 0 Å². The highest BCUT2D eigenvalue weighted by molar-refractivity contribution is 7.99. The van der Waals surface area contributed by atoms with Gasteiger partial charge in [0.1, 0.15) is 5.52 Å². The highest BCUT2D eigenvalue weighted by Crippen LogP contribution is 2.25. The molecule has 30 heavy (non-hydrogen) atoms. The molecule has 1 N–H and O–H groups in total. The van der Waals surface area contributed by atoms with Gasteiger partial charge in [0.25, 0.3) is 5.22 Å². The van der Waals surface area contributed by atoms with E-state index in [0.29, 0.717) is 35.5 Å². The second kappa shape index (κ2) is 8.79. The molecule has 0 aliphatic carbocycles. The summed E-state index contributed by atoms with van der Waals surface area (Å²) in [5, 5.41) is 3.21. The van der Waals surface area contributed by atoms with E-state index >= 15 is 0 Å². The third-order valence-electron chi connectivity index (χ3n) is 5.00. The van der Waals surface area contributed by atoms with Crippen molar-refractivity contribution in [3.8, 4) is 0 Å². The van der Waals surface area contributed by atoms with Gasteiger partial charge in [-0.05, 0) is 55.2 Å². The number of fused-ring (bicyclic) bond motifs is 1. The number of nitrogens with one attached hydrogen (secondary N) is 1. The van der Waals surface area contributed by atoms with Gasteiger partial charge >= 0.3 is 0 Å². The van der Waals surface area contributed by atoms with Crippen LogP contribution in [-0.2, 0) is 14.8 Å². The summed E-state index contributed by atoms with van der Waals surface area (Å²) in [4.78, 5) is 16.8. The number of carbonyl (C=O) groups is 1. The summed E-state index contributed by atoms with van der Waals surface area (Å²) in [6, 6.07) is 13.7. The first-order valence-corrected chi connectivity index (χ1v) is 12.2. The van der Waals surface area contributed by atoms with Crippen molar-refractivity contribution in [2.45, 2.75) is 29.9 Å². The van der Waals surface area contributed by atoms with Gasteiger partial charge in [-0.2, -0.15) is 4.31 Å². The predicted octanol–water partition coefficient (Wildman–Crippen LogP) is 3.98. The molecule has 0 bridgehead atoms. The van der Waals surface area contributed by atoms with Gasteiger partial charge in [0, 0.05) is 18.8 Å². The molecule has 0 spiro atoms. The van der Waals surface area contributed by atoms with Gasteiger partial charge in [-0.1, -0.05) is 30.8 Å². The van der Waals surface area contributed by atoms with Gasteiger partial charge in [0.05, 0.1) is 10.6 Å². The summed E-state index contributed by atoms with van der Waals surface area (Å²) >= 11 is 1.21. The molecule has 2 heterocycles. The van der Waals surface area contributed by atoms with Crippen molar-refractivity contribution in [2.75, 3.05) is 24.2 Å². The van der Waals surface area contributed by atoms with Gasteiger partial charge in [-0.15, -0.1) is 0 Å². The molecule has 1 saturated heterocycles. The van der Waals surface area contributed by atoms with Crippen LogP contribution in [0.1, 0.15) is 19.8 Å². The van der Waals surface area contributed by atoms with Crippen LogP contribution >= 0.6 is 11.8 Å². The molecule has 7 nitrogen and oxygen atoms in total. The van der Waals surface area contributed by atoms with Crippen LogP contribution < -0.4 is 5.32 Å². The number of nitrogens with zero attached hydrogens (tertiary/aromatic N) is 2. The Balaban J connectivity index is 1.35. The van der Waals surface area contributed by atoms with Crippen molar-refractivity contribution < 1.29 is 17.6 Å². The standard InChI is InChI=1S/C21H23N3O4S2/c1-15-5-4-12-24(13-15)30(26,27)17-10-8-16(9-11-17)22-20(25)14-29-21-23-18-6-2-3-7-19(18)28-21/h2-3,6-11,15H,4-5,12-14H2,1H3,(H,22,25)/t15-/m0/s1. The average Bonchev–Trinajstić information content (AvgIpc) is 3.16. The number of hydrogen-bond donors (Lipinski definition) is 1. The first kappa shape index (κ1) is 20.9. The minimum absolute atomic E-state index is 0.137.